The van der Waals surface area contributed by atoms with Crippen molar-refractivity contribution in [3.05, 3.63) is 132 Å². The number of aryl methyl sites for hydroxylation is 1. The van der Waals surface area contributed by atoms with Crippen molar-refractivity contribution in [3.63, 3.8) is 0 Å². The number of nitrogens with zero attached hydrogens (tertiary/aromatic N) is 5. The summed E-state index contributed by atoms with van der Waals surface area (Å²) >= 11 is 0. The number of rotatable bonds is 12. The third-order valence-electron chi connectivity index (χ3n) is 8.45. The number of hydrogen-bond acceptors (Lipinski definition) is 7. The molecule has 1 aliphatic heterocycles. The van der Waals surface area contributed by atoms with Gasteiger partial charge < -0.3 is 20.9 Å². The van der Waals surface area contributed by atoms with Crippen LogP contribution in [0.15, 0.2) is 110 Å². The summed E-state index contributed by atoms with van der Waals surface area (Å²) in [5.41, 5.74) is 13.5. The molecular weight excluding hydrogens is 614 g/mol. The van der Waals surface area contributed by atoms with Crippen molar-refractivity contribution in [3.8, 4) is 11.1 Å². The highest BCUT2D eigenvalue weighted by Crippen LogP contribution is 2.26. The lowest BCUT2D eigenvalue weighted by Gasteiger charge is -2.19. The molecule has 3 heterocycles. The predicted octanol–water partition coefficient (Wildman–Crippen LogP) is 6.36. The summed E-state index contributed by atoms with van der Waals surface area (Å²) in [6.45, 7) is 1.57. The van der Waals surface area contributed by atoms with E-state index in [2.05, 4.69) is 15.3 Å². The van der Waals surface area contributed by atoms with Gasteiger partial charge in [-0.3, -0.25) is 19.5 Å². The topological polar surface area (TPSA) is 125 Å². The van der Waals surface area contributed by atoms with E-state index in [1.165, 1.54) is 0 Å². The number of urea groups is 1. The van der Waals surface area contributed by atoms with Crippen molar-refractivity contribution in [1.82, 2.24) is 19.8 Å². The van der Waals surface area contributed by atoms with Crippen molar-refractivity contribution < 1.29 is 14.4 Å². The highest BCUT2D eigenvalue weighted by Gasteiger charge is 2.30. The number of aromatic nitrogens is 2. The number of Topliss-reactive ketones (excluding diaryl/α,β-unsaturated/α-hetero) is 1. The normalized spacial score (nSPS) is 12.7. The quantitative estimate of drug-likeness (QED) is 0.150. The van der Waals surface area contributed by atoms with Gasteiger partial charge in [-0.05, 0) is 71.1 Å². The maximum absolute atomic E-state index is 13.5. The molecule has 3 aromatic carbocycles. The number of hydrogen-bond donors (Lipinski definition) is 2. The maximum Gasteiger partial charge on any atom is 0.324 e. The van der Waals surface area contributed by atoms with E-state index in [1.807, 2.05) is 95.9 Å². The zero-order chi connectivity index (χ0) is 34.3. The number of ketones is 1. The number of anilines is 4. The van der Waals surface area contributed by atoms with Gasteiger partial charge in [-0.25, -0.2) is 9.78 Å². The fourth-order valence-electron chi connectivity index (χ4n) is 5.87. The maximum atomic E-state index is 13.5. The van der Waals surface area contributed by atoms with Gasteiger partial charge in [-0.15, -0.1) is 0 Å². The number of nitrogen functional groups attached to an aromatic ring is 1. The van der Waals surface area contributed by atoms with E-state index in [4.69, 9.17) is 5.73 Å². The molecule has 1 saturated heterocycles. The summed E-state index contributed by atoms with van der Waals surface area (Å²) < 4.78 is 0. The molecule has 5 aromatic rings. The lowest BCUT2D eigenvalue weighted by molar-refractivity contribution is -0.118. The Kier molecular flexibility index (Phi) is 9.94. The Bertz CT molecular complexity index is 1960. The molecular formula is C39H39N7O3. The van der Waals surface area contributed by atoms with Gasteiger partial charge in [-0.1, -0.05) is 48.5 Å². The first-order valence-corrected chi connectivity index (χ1v) is 16.2. The van der Waals surface area contributed by atoms with Crippen LogP contribution in [0.5, 0.6) is 0 Å². The van der Waals surface area contributed by atoms with Crippen LogP contribution in [-0.4, -0.2) is 64.7 Å². The molecule has 49 heavy (non-hydrogen) atoms. The van der Waals surface area contributed by atoms with E-state index >= 15 is 0 Å². The van der Waals surface area contributed by atoms with Gasteiger partial charge in [0.1, 0.15) is 11.6 Å². The van der Waals surface area contributed by atoms with Crippen molar-refractivity contribution in [2.45, 2.75) is 25.8 Å². The number of benzene rings is 3. The van der Waals surface area contributed by atoms with Gasteiger partial charge >= 0.3 is 6.03 Å². The number of amides is 3. The fourth-order valence-corrected chi connectivity index (χ4v) is 5.87. The molecule has 2 aromatic heterocycles. The summed E-state index contributed by atoms with van der Waals surface area (Å²) in [5, 5.41) is 3.28. The Morgan fingerprint density at radius 2 is 1.59 bits per heavy atom. The highest BCUT2D eigenvalue weighted by molar-refractivity contribution is 5.95. The average Bonchev–Trinajstić information content (AvgIpc) is 3.47. The third-order valence-corrected chi connectivity index (χ3v) is 8.45. The molecule has 0 bridgehead atoms. The lowest BCUT2D eigenvalue weighted by atomic mass is 10.0. The first-order chi connectivity index (χ1) is 23.7. The monoisotopic (exact) mass is 653 g/mol. The molecule has 6 rings (SSSR count). The lowest BCUT2D eigenvalue weighted by Crippen LogP contribution is -2.31. The van der Waals surface area contributed by atoms with E-state index in [1.54, 1.807) is 42.5 Å². The number of carbonyl (C=O) groups is 3. The van der Waals surface area contributed by atoms with Gasteiger partial charge in [0, 0.05) is 69.6 Å². The van der Waals surface area contributed by atoms with E-state index in [0.717, 1.165) is 27.8 Å². The first-order valence-electron chi connectivity index (χ1n) is 16.2. The van der Waals surface area contributed by atoms with Crippen LogP contribution < -0.4 is 16.0 Å². The van der Waals surface area contributed by atoms with E-state index < -0.39 is 0 Å². The minimum Gasteiger partial charge on any atom is -0.399 e. The zero-order valence-corrected chi connectivity index (χ0v) is 27.7. The van der Waals surface area contributed by atoms with E-state index in [0.29, 0.717) is 67.3 Å². The van der Waals surface area contributed by atoms with E-state index in [9.17, 15) is 14.4 Å². The summed E-state index contributed by atoms with van der Waals surface area (Å²) in [6.07, 6.45) is 6.62. The Morgan fingerprint density at radius 3 is 2.35 bits per heavy atom. The number of nitrogens with two attached hydrogens (primary N) is 1. The minimum absolute atomic E-state index is 0.0413. The van der Waals surface area contributed by atoms with Gasteiger partial charge in [0.25, 0.3) is 5.91 Å². The van der Waals surface area contributed by atoms with Crippen LogP contribution in [0, 0.1) is 0 Å². The van der Waals surface area contributed by atoms with Crippen LogP contribution in [0.1, 0.15) is 33.5 Å². The molecule has 10 heteroatoms. The molecule has 0 unspecified atom stereocenters. The Hall–Kier alpha value is -6.03. The molecule has 1 aliphatic rings. The summed E-state index contributed by atoms with van der Waals surface area (Å²) in [6, 6.07) is 28.6. The predicted molar refractivity (Wildman–Crippen MR) is 193 cm³/mol. The second-order valence-electron chi connectivity index (χ2n) is 12.4. The van der Waals surface area contributed by atoms with Crippen LogP contribution in [0.2, 0.25) is 0 Å². The molecule has 10 nitrogen and oxygen atoms in total. The van der Waals surface area contributed by atoms with Crippen molar-refractivity contribution in [2.24, 2.45) is 0 Å². The van der Waals surface area contributed by atoms with Crippen LogP contribution in [0.4, 0.5) is 27.7 Å². The minimum atomic E-state index is -0.0941. The molecule has 0 atom stereocenters. The zero-order valence-electron chi connectivity index (χ0n) is 27.7. The standard InChI is InChI=1S/C39H39N7O3/c1-44(2)38(48)31-12-10-30(11-13-31)32-14-16-37(42-23-32)43-34-22-35(25-41-24-34)46-18-17-45(39(46)49)26-29-7-3-6-28(19-29)21-36(47)15-9-27-5-4-8-33(40)20-27/h3-8,10-14,16,19-20,22-25H,9,15,17-18,21,26,40H2,1-2H3,(H,42,43). The second-order valence-corrected chi connectivity index (χ2v) is 12.4. The number of nitrogens with one attached hydrogen (secondary N) is 1. The Balaban J connectivity index is 1.03. The Labute approximate surface area is 286 Å². The van der Waals surface area contributed by atoms with Crippen molar-refractivity contribution in [1.29, 1.82) is 0 Å². The summed E-state index contributed by atoms with van der Waals surface area (Å²) in [5.74, 6) is 0.763. The fraction of sp³-hybridized carbons (Fsp3) is 0.205. The van der Waals surface area contributed by atoms with E-state index in [-0.39, 0.29) is 17.7 Å². The van der Waals surface area contributed by atoms with Crippen molar-refractivity contribution >= 4 is 40.6 Å². The molecule has 3 amide bonds. The first kappa shape index (κ1) is 32.9. The van der Waals surface area contributed by atoms with Crippen molar-refractivity contribution in [2.75, 3.05) is 43.1 Å². The van der Waals surface area contributed by atoms with Crippen LogP contribution in [0.3, 0.4) is 0 Å². The Morgan fingerprint density at radius 1 is 0.837 bits per heavy atom. The highest BCUT2D eigenvalue weighted by atomic mass is 16.2. The molecule has 3 N–H and O–H groups in total. The summed E-state index contributed by atoms with van der Waals surface area (Å²) in [7, 11) is 3.46. The van der Waals surface area contributed by atoms with Gasteiger partial charge in [0.15, 0.2) is 0 Å². The number of pyridine rings is 2. The number of carbonyl (C=O) groups excluding carboxylic acids is 3. The van der Waals surface area contributed by atoms with Crippen LogP contribution >= 0.6 is 0 Å². The largest absolute Gasteiger partial charge is 0.399 e. The van der Waals surface area contributed by atoms with Crippen LogP contribution in [-0.2, 0) is 24.2 Å². The third kappa shape index (κ3) is 8.28. The average molecular weight is 654 g/mol. The summed E-state index contributed by atoms with van der Waals surface area (Å²) in [4.78, 5) is 52.4. The smallest absolute Gasteiger partial charge is 0.324 e. The van der Waals surface area contributed by atoms with Gasteiger partial charge in [0.05, 0.1) is 23.8 Å². The molecule has 0 radical (unpaired) electrons. The SMILES string of the molecule is CN(C)C(=O)c1ccc(-c2ccc(Nc3cncc(N4CCN(Cc5cccc(CC(=O)CCc6cccc(N)c6)c5)C4=O)c3)nc2)cc1. The molecule has 1 fully saturated rings. The molecule has 248 valence electrons. The van der Waals surface area contributed by atoms with Gasteiger partial charge in [-0.2, -0.15) is 0 Å². The second kappa shape index (κ2) is 14.8. The van der Waals surface area contributed by atoms with Crippen LogP contribution in [0.25, 0.3) is 11.1 Å². The molecule has 0 aliphatic carbocycles. The molecule has 0 saturated carbocycles. The van der Waals surface area contributed by atoms with Gasteiger partial charge in [0.2, 0.25) is 0 Å². The molecule has 0 spiro atoms.